The van der Waals surface area contributed by atoms with Gasteiger partial charge < -0.3 is 4.90 Å². The second-order valence-corrected chi connectivity index (χ2v) is 3.71. The van der Waals surface area contributed by atoms with Gasteiger partial charge in [0, 0.05) is 5.54 Å². The van der Waals surface area contributed by atoms with E-state index in [1.807, 2.05) is 26.8 Å². The Bertz CT molecular complexity index is 202. The molecule has 0 aromatic carbocycles. The molecule has 0 rings (SSSR count). The molecule has 0 spiro atoms. The molecule has 1 amide bonds. The molecule has 0 saturated heterocycles. The van der Waals surface area contributed by atoms with Crippen molar-refractivity contribution in [2.75, 3.05) is 12.4 Å². The number of nitrogens with zero attached hydrogens (tertiary/aromatic N) is 2. The summed E-state index contributed by atoms with van der Waals surface area (Å²) in [6.07, 6.45) is 0. The Balaban J connectivity index is 4.46. The summed E-state index contributed by atoms with van der Waals surface area (Å²) >= 11 is 5.39. The van der Waals surface area contributed by atoms with E-state index in [2.05, 4.69) is 0 Å². The van der Waals surface area contributed by atoms with Crippen LogP contribution in [0.5, 0.6) is 0 Å². The van der Waals surface area contributed by atoms with Crippen molar-refractivity contribution in [2.24, 2.45) is 0 Å². The highest BCUT2D eigenvalue weighted by atomic mass is 35.5. The van der Waals surface area contributed by atoms with Crippen molar-refractivity contribution in [2.45, 2.75) is 26.3 Å². The van der Waals surface area contributed by atoms with Crippen molar-refractivity contribution in [3.8, 4) is 6.07 Å². The third-order valence-corrected chi connectivity index (χ3v) is 1.68. The zero-order valence-electron chi connectivity index (χ0n) is 7.59. The van der Waals surface area contributed by atoms with Gasteiger partial charge in [-0.25, -0.2) is 0 Å². The lowest BCUT2D eigenvalue weighted by Crippen LogP contribution is -2.46. The average Bonchev–Trinajstić information content (AvgIpc) is 1.96. The Kier molecular flexibility index (Phi) is 4.05. The highest BCUT2D eigenvalue weighted by Crippen LogP contribution is 2.12. The number of amides is 1. The second kappa shape index (κ2) is 4.32. The largest absolute Gasteiger partial charge is 0.324 e. The third-order valence-electron chi connectivity index (χ3n) is 1.45. The van der Waals surface area contributed by atoms with Gasteiger partial charge >= 0.3 is 0 Å². The van der Waals surface area contributed by atoms with Crippen LogP contribution in [0.25, 0.3) is 0 Å². The SMILES string of the molecule is CC(C)(C)N(CC#N)C(=O)CCl. The van der Waals surface area contributed by atoms with Crippen molar-refractivity contribution in [1.29, 1.82) is 5.26 Å². The van der Waals surface area contributed by atoms with E-state index in [9.17, 15) is 4.79 Å². The molecule has 0 bridgehead atoms. The lowest BCUT2D eigenvalue weighted by atomic mass is 10.1. The summed E-state index contributed by atoms with van der Waals surface area (Å²) in [6, 6.07) is 1.94. The van der Waals surface area contributed by atoms with Gasteiger partial charge in [-0.05, 0) is 20.8 Å². The van der Waals surface area contributed by atoms with Crippen LogP contribution in [-0.4, -0.2) is 28.8 Å². The highest BCUT2D eigenvalue weighted by Gasteiger charge is 2.24. The molecular weight excluding hydrogens is 176 g/mol. The zero-order chi connectivity index (χ0) is 9.78. The maximum atomic E-state index is 11.2. The van der Waals surface area contributed by atoms with Gasteiger partial charge in [0.2, 0.25) is 5.91 Å². The fourth-order valence-corrected chi connectivity index (χ4v) is 0.987. The summed E-state index contributed by atoms with van der Waals surface area (Å²) in [5.74, 6) is -0.274. The standard InChI is InChI=1S/C8H13ClN2O/c1-8(2,3)11(5-4-10)7(12)6-9/h5-6H2,1-3H3. The lowest BCUT2D eigenvalue weighted by molar-refractivity contribution is -0.132. The van der Waals surface area contributed by atoms with Crippen LogP contribution in [0.1, 0.15) is 20.8 Å². The van der Waals surface area contributed by atoms with Gasteiger partial charge in [-0.15, -0.1) is 11.6 Å². The normalized spacial score (nSPS) is 10.6. The van der Waals surface area contributed by atoms with Crippen LogP contribution in [0, 0.1) is 11.3 Å². The molecule has 12 heavy (non-hydrogen) atoms. The number of alkyl halides is 1. The third kappa shape index (κ3) is 3.10. The van der Waals surface area contributed by atoms with Gasteiger partial charge in [0.05, 0.1) is 6.07 Å². The molecule has 0 aromatic heterocycles. The first kappa shape index (κ1) is 11.2. The van der Waals surface area contributed by atoms with Crippen LogP contribution in [0.15, 0.2) is 0 Å². The summed E-state index contributed by atoms with van der Waals surface area (Å²) in [5, 5.41) is 8.46. The first-order valence-electron chi connectivity index (χ1n) is 3.67. The smallest absolute Gasteiger partial charge is 0.238 e. The van der Waals surface area contributed by atoms with Crippen LogP contribution in [0.2, 0.25) is 0 Å². The minimum atomic E-state index is -0.332. The molecule has 0 unspecified atom stereocenters. The predicted molar refractivity (Wildman–Crippen MR) is 47.8 cm³/mol. The average molecular weight is 189 g/mol. The summed E-state index contributed by atoms with van der Waals surface area (Å²) in [7, 11) is 0. The Hall–Kier alpha value is -0.750. The van der Waals surface area contributed by atoms with Crippen molar-refractivity contribution < 1.29 is 4.79 Å². The Morgan fingerprint density at radius 1 is 1.58 bits per heavy atom. The van der Waals surface area contributed by atoms with E-state index in [0.29, 0.717) is 0 Å². The van der Waals surface area contributed by atoms with E-state index in [1.54, 1.807) is 0 Å². The fraction of sp³-hybridized carbons (Fsp3) is 0.750. The topological polar surface area (TPSA) is 44.1 Å². The van der Waals surface area contributed by atoms with Gasteiger partial charge in [0.25, 0.3) is 0 Å². The predicted octanol–water partition coefficient (Wildman–Crippen LogP) is 1.38. The molecule has 3 nitrogen and oxygen atoms in total. The van der Waals surface area contributed by atoms with Crippen molar-refractivity contribution in [3.63, 3.8) is 0 Å². The molecule has 0 aromatic rings. The first-order chi connectivity index (χ1) is 5.43. The summed E-state index contributed by atoms with van der Waals surface area (Å²) < 4.78 is 0. The molecule has 0 fully saturated rings. The molecule has 0 aliphatic rings. The summed E-state index contributed by atoms with van der Waals surface area (Å²) in [4.78, 5) is 12.6. The summed E-state index contributed by atoms with van der Waals surface area (Å²) in [5.41, 5.74) is -0.332. The van der Waals surface area contributed by atoms with Gasteiger partial charge in [0.15, 0.2) is 0 Å². The van der Waals surface area contributed by atoms with E-state index >= 15 is 0 Å². The number of hydrogen-bond acceptors (Lipinski definition) is 2. The lowest BCUT2D eigenvalue weighted by Gasteiger charge is -2.33. The number of rotatable bonds is 2. The number of nitriles is 1. The van der Waals surface area contributed by atoms with Gasteiger partial charge in [-0.1, -0.05) is 0 Å². The van der Waals surface area contributed by atoms with E-state index in [1.165, 1.54) is 4.90 Å². The highest BCUT2D eigenvalue weighted by molar-refractivity contribution is 6.27. The molecule has 68 valence electrons. The Morgan fingerprint density at radius 2 is 2.08 bits per heavy atom. The second-order valence-electron chi connectivity index (χ2n) is 3.44. The molecule has 0 saturated carbocycles. The Labute approximate surface area is 77.9 Å². The number of halogens is 1. The van der Waals surface area contributed by atoms with E-state index in [0.717, 1.165) is 0 Å². The van der Waals surface area contributed by atoms with Crippen LogP contribution < -0.4 is 0 Å². The van der Waals surface area contributed by atoms with Crippen molar-refractivity contribution >= 4 is 17.5 Å². The maximum absolute atomic E-state index is 11.2. The zero-order valence-corrected chi connectivity index (χ0v) is 8.35. The monoisotopic (exact) mass is 188 g/mol. The van der Waals surface area contributed by atoms with Gasteiger partial charge in [-0.3, -0.25) is 4.79 Å². The van der Waals surface area contributed by atoms with E-state index in [4.69, 9.17) is 16.9 Å². The van der Waals surface area contributed by atoms with E-state index in [-0.39, 0.29) is 23.9 Å². The van der Waals surface area contributed by atoms with Crippen molar-refractivity contribution in [1.82, 2.24) is 4.90 Å². The van der Waals surface area contributed by atoms with E-state index < -0.39 is 0 Å². The molecule has 4 heteroatoms. The van der Waals surface area contributed by atoms with Crippen LogP contribution >= 0.6 is 11.6 Å². The molecule has 0 radical (unpaired) electrons. The minimum absolute atomic E-state index is 0.0705. The molecule has 0 aliphatic carbocycles. The van der Waals surface area contributed by atoms with Crippen LogP contribution in [-0.2, 0) is 4.79 Å². The molecule has 0 N–H and O–H groups in total. The maximum Gasteiger partial charge on any atom is 0.238 e. The summed E-state index contributed by atoms with van der Waals surface area (Å²) in [6.45, 7) is 5.70. The van der Waals surface area contributed by atoms with Gasteiger partial charge in [0.1, 0.15) is 12.4 Å². The van der Waals surface area contributed by atoms with Crippen LogP contribution in [0.4, 0.5) is 0 Å². The molecule has 0 heterocycles. The molecular formula is C8H13ClN2O. The fourth-order valence-electron chi connectivity index (χ4n) is 0.842. The quantitative estimate of drug-likeness (QED) is 0.486. The van der Waals surface area contributed by atoms with Crippen LogP contribution in [0.3, 0.4) is 0 Å². The first-order valence-corrected chi connectivity index (χ1v) is 4.20. The molecule has 0 atom stereocenters. The minimum Gasteiger partial charge on any atom is -0.324 e. The van der Waals surface area contributed by atoms with Gasteiger partial charge in [-0.2, -0.15) is 5.26 Å². The number of carbonyl (C=O) groups excluding carboxylic acids is 1. The van der Waals surface area contributed by atoms with Crippen molar-refractivity contribution in [3.05, 3.63) is 0 Å². The molecule has 0 aliphatic heterocycles. The Morgan fingerprint density at radius 3 is 2.33 bits per heavy atom. The number of hydrogen-bond donors (Lipinski definition) is 0. The number of carbonyl (C=O) groups is 1.